The summed E-state index contributed by atoms with van der Waals surface area (Å²) in [6.07, 6.45) is 7.25. The largest absolute Gasteiger partial charge is 0.467 e. The van der Waals surface area contributed by atoms with E-state index in [2.05, 4.69) is 33.7 Å². The molecule has 1 aromatic carbocycles. The van der Waals surface area contributed by atoms with E-state index in [4.69, 9.17) is 14.0 Å². The highest BCUT2D eigenvalue weighted by Gasteiger charge is 2.08. The summed E-state index contributed by atoms with van der Waals surface area (Å²) in [5.41, 5.74) is 1.26. The smallest absolute Gasteiger partial charge is 0.338 e. The Bertz CT molecular complexity index is 605. The fraction of sp³-hybridized carbons (Fsp3) is 0.381. The number of allylic oxidation sites excluding steroid dienone is 2. The molecule has 0 amide bonds. The van der Waals surface area contributed by atoms with Crippen molar-refractivity contribution in [2.24, 2.45) is 5.92 Å². The van der Waals surface area contributed by atoms with E-state index < -0.39 is 14.1 Å². The summed E-state index contributed by atoms with van der Waals surface area (Å²) < 4.78 is 16.5. The molecule has 1 atom stereocenters. The summed E-state index contributed by atoms with van der Waals surface area (Å²) in [6, 6.07) is 6.83. The Labute approximate surface area is 158 Å². The molecule has 0 spiro atoms. The van der Waals surface area contributed by atoms with Crippen LogP contribution in [0.5, 0.6) is 5.75 Å². The van der Waals surface area contributed by atoms with Gasteiger partial charge in [0.2, 0.25) is 0 Å². The van der Waals surface area contributed by atoms with Crippen LogP contribution in [0.1, 0.15) is 30.6 Å². The van der Waals surface area contributed by atoms with Gasteiger partial charge in [0.1, 0.15) is 12.4 Å². The second-order valence-corrected chi connectivity index (χ2v) is 8.17. The molecular formula is C21H29O4P. The first-order chi connectivity index (χ1) is 12.5. The Morgan fingerprint density at radius 2 is 1.92 bits per heavy atom. The van der Waals surface area contributed by atoms with Gasteiger partial charge in [0.25, 0.3) is 0 Å². The van der Waals surface area contributed by atoms with Gasteiger partial charge in [-0.15, -0.1) is 0 Å². The van der Waals surface area contributed by atoms with Crippen molar-refractivity contribution in [3.63, 3.8) is 0 Å². The van der Waals surface area contributed by atoms with Crippen LogP contribution in [0.4, 0.5) is 0 Å². The predicted octanol–water partition coefficient (Wildman–Crippen LogP) is 5.57. The second kappa shape index (κ2) is 12.5. The Balaban J connectivity index is 2.40. The molecule has 0 heterocycles. The molecule has 0 aromatic heterocycles. The lowest BCUT2D eigenvalue weighted by Gasteiger charge is -2.14. The third kappa shape index (κ3) is 8.98. The van der Waals surface area contributed by atoms with Crippen molar-refractivity contribution < 1.29 is 18.8 Å². The van der Waals surface area contributed by atoms with E-state index in [0.717, 1.165) is 18.2 Å². The molecule has 0 aliphatic carbocycles. The molecule has 142 valence electrons. The molecule has 0 aliphatic rings. The van der Waals surface area contributed by atoms with Crippen LogP contribution in [0.3, 0.4) is 0 Å². The van der Waals surface area contributed by atoms with Gasteiger partial charge in [0.05, 0.1) is 5.56 Å². The van der Waals surface area contributed by atoms with Gasteiger partial charge in [0, 0.05) is 8.15 Å². The SMILES string of the molecule is C=C/C=C(\C=C)COC(=O)c1ccc(OCOP(C)CCC(C)C)cc1. The molecule has 0 aliphatic heterocycles. The molecule has 0 saturated carbocycles. The number of hydrogen-bond acceptors (Lipinski definition) is 4. The molecule has 0 bridgehead atoms. The van der Waals surface area contributed by atoms with Crippen molar-refractivity contribution in [2.45, 2.75) is 20.3 Å². The van der Waals surface area contributed by atoms with Crippen molar-refractivity contribution in [1.82, 2.24) is 0 Å². The van der Waals surface area contributed by atoms with Gasteiger partial charge in [-0.25, -0.2) is 4.79 Å². The maximum atomic E-state index is 12.0. The fourth-order valence-corrected chi connectivity index (χ4v) is 3.18. The maximum Gasteiger partial charge on any atom is 0.338 e. The molecule has 0 saturated heterocycles. The lowest BCUT2D eigenvalue weighted by molar-refractivity contribution is 0.0543. The molecule has 0 fully saturated rings. The summed E-state index contributed by atoms with van der Waals surface area (Å²) >= 11 is 0. The van der Waals surface area contributed by atoms with Gasteiger partial charge in [-0.3, -0.25) is 0 Å². The lowest BCUT2D eigenvalue weighted by Crippen LogP contribution is -2.07. The normalized spacial score (nSPS) is 12.5. The van der Waals surface area contributed by atoms with E-state index >= 15 is 0 Å². The first kappa shape index (κ1) is 22.1. The molecule has 1 rings (SSSR count). The topological polar surface area (TPSA) is 44.8 Å². The molecule has 0 radical (unpaired) electrons. The zero-order valence-electron chi connectivity index (χ0n) is 15.9. The molecule has 0 N–H and O–H groups in total. The van der Waals surface area contributed by atoms with Crippen LogP contribution in [-0.4, -0.2) is 32.2 Å². The standard InChI is InChI=1S/C21H29O4P/c1-6-8-18(7-2)15-23-21(22)19-9-11-20(12-10-19)24-16-25-26(5)14-13-17(3)4/h6-12,17H,1-2,13-16H2,3-5H3/b18-8+. The van der Waals surface area contributed by atoms with Gasteiger partial charge in [0.15, 0.2) is 6.79 Å². The predicted molar refractivity (Wildman–Crippen MR) is 109 cm³/mol. The summed E-state index contributed by atoms with van der Waals surface area (Å²) in [6.45, 7) is 14.2. The van der Waals surface area contributed by atoms with Crippen LogP contribution in [0, 0.1) is 5.92 Å². The molecule has 26 heavy (non-hydrogen) atoms. The van der Waals surface area contributed by atoms with Crippen LogP contribution in [0.15, 0.2) is 61.2 Å². The average molecular weight is 376 g/mol. The van der Waals surface area contributed by atoms with Crippen LogP contribution in [0.2, 0.25) is 0 Å². The third-order valence-electron chi connectivity index (χ3n) is 3.57. The number of carbonyl (C=O) groups excluding carboxylic acids is 1. The summed E-state index contributed by atoms with van der Waals surface area (Å²) in [4.78, 5) is 12.0. The van der Waals surface area contributed by atoms with Crippen molar-refractivity contribution in [1.29, 1.82) is 0 Å². The lowest BCUT2D eigenvalue weighted by atomic mass is 10.2. The first-order valence-corrected chi connectivity index (χ1v) is 10.5. The van der Waals surface area contributed by atoms with Gasteiger partial charge in [-0.1, -0.05) is 45.2 Å². The van der Waals surface area contributed by atoms with Gasteiger partial charge in [-0.2, -0.15) is 0 Å². The molecule has 5 heteroatoms. The van der Waals surface area contributed by atoms with E-state index in [1.54, 1.807) is 42.5 Å². The van der Waals surface area contributed by atoms with Crippen LogP contribution < -0.4 is 4.74 Å². The number of rotatable bonds is 12. The molecule has 1 aromatic rings. The molecular weight excluding hydrogens is 347 g/mol. The fourth-order valence-electron chi connectivity index (χ4n) is 1.93. The van der Waals surface area contributed by atoms with E-state index in [1.807, 2.05) is 0 Å². The van der Waals surface area contributed by atoms with Gasteiger partial charge >= 0.3 is 5.97 Å². The van der Waals surface area contributed by atoms with E-state index in [0.29, 0.717) is 17.2 Å². The highest BCUT2D eigenvalue weighted by Crippen LogP contribution is 2.33. The van der Waals surface area contributed by atoms with E-state index in [9.17, 15) is 4.79 Å². The van der Waals surface area contributed by atoms with Crippen molar-refractivity contribution in [3.8, 4) is 5.75 Å². The quantitative estimate of drug-likeness (QED) is 0.207. The zero-order valence-corrected chi connectivity index (χ0v) is 16.8. The van der Waals surface area contributed by atoms with Crippen LogP contribution in [0.25, 0.3) is 0 Å². The number of benzene rings is 1. The molecule has 4 nitrogen and oxygen atoms in total. The Morgan fingerprint density at radius 3 is 2.50 bits per heavy atom. The summed E-state index contributed by atoms with van der Waals surface area (Å²) in [5.74, 6) is 0.953. The van der Waals surface area contributed by atoms with Crippen LogP contribution >= 0.6 is 8.15 Å². The Kier molecular flexibility index (Phi) is 10.6. The minimum atomic E-state index is -0.462. The Morgan fingerprint density at radius 1 is 1.23 bits per heavy atom. The third-order valence-corrected chi connectivity index (χ3v) is 5.01. The monoisotopic (exact) mass is 376 g/mol. The number of ether oxygens (including phenoxy) is 2. The second-order valence-electron chi connectivity index (χ2n) is 6.21. The minimum Gasteiger partial charge on any atom is -0.467 e. The highest BCUT2D eigenvalue weighted by atomic mass is 31.1. The summed E-state index contributed by atoms with van der Waals surface area (Å²) in [5, 5.41) is 0. The number of hydrogen-bond donors (Lipinski definition) is 0. The van der Waals surface area contributed by atoms with Gasteiger partial charge in [-0.05, 0) is 55.0 Å². The van der Waals surface area contributed by atoms with Gasteiger partial charge < -0.3 is 14.0 Å². The minimum absolute atomic E-state index is 0.164. The Hall–Kier alpha value is -1.90. The summed E-state index contributed by atoms with van der Waals surface area (Å²) in [7, 11) is -0.462. The van der Waals surface area contributed by atoms with Crippen molar-refractivity contribution >= 4 is 14.1 Å². The first-order valence-electron chi connectivity index (χ1n) is 8.64. The van der Waals surface area contributed by atoms with Crippen molar-refractivity contribution in [3.05, 3.63) is 66.8 Å². The zero-order chi connectivity index (χ0) is 19.4. The van der Waals surface area contributed by atoms with E-state index in [-0.39, 0.29) is 13.4 Å². The van der Waals surface area contributed by atoms with Crippen molar-refractivity contribution in [2.75, 3.05) is 26.2 Å². The van der Waals surface area contributed by atoms with E-state index in [1.165, 1.54) is 0 Å². The number of esters is 1. The highest BCUT2D eigenvalue weighted by molar-refractivity contribution is 7.51. The van der Waals surface area contributed by atoms with Crippen LogP contribution in [-0.2, 0) is 9.26 Å². The number of carbonyl (C=O) groups is 1. The average Bonchev–Trinajstić information content (AvgIpc) is 2.63. The maximum absolute atomic E-state index is 12.0. The molecule has 1 unspecified atom stereocenters.